The van der Waals surface area contributed by atoms with Gasteiger partial charge in [0.05, 0.1) is 26.3 Å². The minimum Gasteiger partial charge on any atom is -0.324 e. The first-order valence-electron chi connectivity index (χ1n) is 6.34. The first-order chi connectivity index (χ1) is 11.1. The lowest BCUT2D eigenvalue weighted by Gasteiger charge is -2.12. The Morgan fingerprint density at radius 2 is 1.62 bits per heavy atom. The van der Waals surface area contributed by atoms with E-state index in [1.54, 1.807) is 0 Å². The Hall–Kier alpha value is -1.90. The number of hydrogen-bond acceptors (Lipinski definition) is 3. The molecule has 2 N–H and O–H groups in total. The first kappa shape index (κ1) is 18.4. The summed E-state index contributed by atoms with van der Waals surface area (Å²) in [6.07, 6.45) is 0. The van der Waals surface area contributed by atoms with E-state index in [4.69, 9.17) is 23.2 Å². The average Bonchev–Trinajstić information content (AvgIpc) is 2.46. The van der Waals surface area contributed by atoms with Crippen molar-refractivity contribution < 1.29 is 22.0 Å². The van der Waals surface area contributed by atoms with Gasteiger partial charge in [-0.15, -0.1) is 0 Å². The number of rotatable bonds is 4. The summed E-state index contributed by atoms with van der Waals surface area (Å²) in [5, 5.41) is 2.28. The van der Waals surface area contributed by atoms with Crippen LogP contribution in [0.2, 0.25) is 10.0 Å². The zero-order chi connectivity index (χ0) is 18.1. The molecule has 1 amide bonds. The maximum atomic E-state index is 13.8. The molecular formula is C14H10Cl2F2N2O3S. The predicted molar refractivity (Wildman–Crippen MR) is 87.9 cm³/mol. The van der Waals surface area contributed by atoms with Crippen LogP contribution < -0.4 is 10.0 Å². The SMILES string of the molecule is CC(=O)Nc1cc(NS(=O)(=O)c2ccc(Cl)c(Cl)c2)c(F)cc1F. The molecule has 0 atom stereocenters. The quantitative estimate of drug-likeness (QED) is 0.821. The molecule has 5 nitrogen and oxygen atoms in total. The Kier molecular flexibility index (Phi) is 5.32. The summed E-state index contributed by atoms with van der Waals surface area (Å²) in [5.74, 6) is -2.79. The number of benzene rings is 2. The van der Waals surface area contributed by atoms with Crippen LogP contribution >= 0.6 is 23.2 Å². The smallest absolute Gasteiger partial charge is 0.262 e. The number of carbonyl (C=O) groups excluding carboxylic acids is 1. The van der Waals surface area contributed by atoms with E-state index in [-0.39, 0.29) is 20.6 Å². The Balaban J connectivity index is 2.42. The van der Waals surface area contributed by atoms with Gasteiger partial charge in [0.15, 0.2) is 0 Å². The minimum absolute atomic E-state index is 0.00180. The molecule has 0 unspecified atom stereocenters. The van der Waals surface area contributed by atoms with E-state index in [0.717, 1.165) is 19.1 Å². The summed E-state index contributed by atoms with van der Waals surface area (Å²) in [5.41, 5.74) is -0.901. The second-order valence-corrected chi connectivity index (χ2v) is 7.17. The molecule has 0 aliphatic heterocycles. The van der Waals surface area contributed by atoms with Gasteiger partial charge < -0.3 is 5.32 Å². The van der Waals surface area contributed by atoms with E-state index in [2.05, 4.69) is 5.32 Å². The lowest BCUT2D eigenvalue weighted by molar-refractivity contribution is -0.114. The molecule has 0 aromatic heterocycles. The van der Waals surface area contributed by atoms with Crippen molar-refractivity contribution in [2.75, 3.05) is 10.0 Å². The molecule has 0 saturated heterocycles. The molecule has 128 valence electrons. The molecule has 10 heteroatoms. The second kappa shape index (κ2) is 6.92. The van der Waals surface area contributed by atoms with E-state index in [0.29, 0.717) is 6.07 Å². The maximum absolute atomic E-state index is 13.8. The lowest BCUT2D eigenvalue weighted by atomic mass is 10.2. The maximum Gasteiger partial charge on any atom is 0.262 e. The van der Waals surface area contributed by atoms with Crippen molar-refractivity contribution in [3.8, 4) is 0 Å². The van der Waals surface area contributed by atoms with Crippen LogP contribution in [0.25, 0.3) is 0 Å². The highest BCUT2D eigenvalue weighted by atomic mass is 35.5. The number of amides is 1. The monoisotopic (exact) mass is 394 g/mol. The molecular weight excluding hydrogens is 385 g/mol. The predicted octanol–water partition coefficient (Wildman–Crippen LogP) is 4.03. The van der Waals surface area contributed by atoms with Crippen LogP contribution in [0.1, 0.15) is 6.92 Å². The molecule has 0 bridgehead atoms. The third-order valence-electron chi connectivity index (χ3n) is 2.81. The number of hydrogen-bond donors (Lipinski definition) is 2. The van der Waals surface area contributed by atoms with Crippen LogP contribution in [0.5, 0.6) is 0 Å². The lowest BCUT2D eigenvalue weighted by Crippen LogP contribution is -2.15. The Morgan fingerprint density at radius 1 is 1.00 bits per heavy atom. The Labute approximate surface area is 146 Å². The van der Waals surface area contributed by atoms with E-state index in [9.17, 15) is 22.0 Å². The molecule has 0 aliphatic carbocycles. The second-order valence-electron chi connectivity index (χ2n) is 4.67. The summed E-state index contributed by atoms with van der Waals surface area (Å²) < 4.78 is 53.9. The van der Waals surface area contributed by atoms with Crippen LogP contribution in [-0.2, 0) is 14.8 Å². The van der Waals surface area contributed by atoms with Crippen molar-refractivity contribution in [2.24, 2.45) is 0 Å². The molecule has 0 spiro atoms. The molecule has 24 heavy (non-hydrogen) atoms. The largest absolute Gasteiger partial charge is 0.324 e. The summed E-state index contributed by atoms with van der Waals surface area (Å²) in [6.45, 7) is 1.13. The van der Waals surface area contributed by atoms with Crippen LogP contribution in [0.3, 0.4) is 0 Å². The fourth-order valence-corrected chi connectivity index (χ4v) is 3.21. The van der Waals surface area contributed by atoms with Crippen molar-refractivity contribution in [2.45, 2.75) is 11.8 Å². The first-order valence-corrected chi connectivity index (χ1v) is 8.58. The summed E-state index contributed by atoms with van der Waals surface area (Å²) in [4.78, 5) is 10.7. The highest BCUT2D eigenvalue weighted by Gasteiger charge is 2.19. The van der Waals surface area contributed by atoms with Crippen molar-refractivity contribution >= 4 is 50.5 Å². The summed E-state index contributed by atoms with van der Waals surface area (Å²) >= 11 is 11.5. The molecule has 0 radical (unpaired) electrons. The number of halogens is 4. The zero-order valence-electron chi connectivity index (χ0n) is 12.0. The van der Waals surface area contributed by atoms with Gasteiger partial charge >= 0.3 is 0 Å². The van der Waals surface area contributed by atoms with Gasteiger partial charge in [-0.25, -0.2) is 17.2 Å². The van der Waals surface area contributed by atoms with Gasteiger partial charge in [-0.05, 0) is 24.3 Å². The molecule has 0 aliphatic rings. The third-order valence-corrected chi connectivity index (χ3v) is 4.92. The summed E-state index contributed by atoms with van der Waals surface area (Å²) in [7, 11) is -4.20. The van der Waals surface area contributed by atoms with Crippen molar-refractivity contribution in [1.29, 1.82) is 0 Å². The molecule has 2 rings (SSSR count). The standard InChI is InChI=1S/C14H10Cl2F2N2O3S/c1-7(21)19-13-6-14(12(18)5-11(13)17)20-24(22,23)8-2-3-9(15)10(16)4-8/h2-6,20H,1H3,(H,19,21). The van der Waals surface area contributed by atoms with Crippen LogP contribution in [0.15, 0.2) is 35.2 Å². The number of sulfonamides is 1. The Bertz CT molecular complexity index is 920. The average molecular weight is 395 g/mol. The number of anilines is 2. The topological polar surface area (TPSA) is 75.3 Å². The summed E-state index contributed by atoms with van der Waals surface area (Å²) in [6, 6.07) is 4.82. The number of carbonyl (C=O) groups is 1. The van der Waals surface area contributed by atoms with Gasteiger partial charge in [-0.1, -0.05) is 23.2 Å². The molecule has 2 aromatic rings. The third kappa shape index (κ3) is 4.14. The van der Waals surface area contributed by atoms with Gasteiger partial charge in [0, 0.05) is 13.0 Å². The van der Waals surface area contributed by atoms with Crippen molar-refractivity contribution in [1.82, 2.24) is 0 Å². The van der Waals surface area contributed by atoms with E-state index < -0.39 is 33.3 Å². The Morgan fingerprint density at radius 3 is 2.21 bits per heavy atom. The van der Waals surface area contributed by atoms with Gasteiger partial charge in [-0.3, -0.25) is 9.52 Å². The minimum atomic E-state index is -4.20. The van der Waals surface area contributed by atoms with Crippen molar-refractivity contribution in [3.63, 3.8) is 0 Å². The highest BCUT2D eigenvalue weighted by Crippen LogP contribution is 2.28. The van der Waals surface area contributed by atoms with Crippen LogP contribution in [0, 0.1) is 11.6 Å². The highest BCUT2D eigenvalue weighted by molar-refractivity contribution is 7.92. The fourth-order valence-electron chi connectivity index (χ4n) is 1.76. The van der Waals surface area contributed by atoms with E-state index in [1.807, 2.05) is 4.72 Å². The fraction of sp³-hybridized carbons (Fsp3) is 0.0714. The molecule has 0 fully saturated rings. The van der Waals surface area contributed by atoms with Gasteiger partial charge in [0.1, 0.15) is 11.6 Å². The van der Waals surface area contributed by atoms with Crippen molar-refractivity contribution in [3.05, 3.63) is 52.0 Å². The normalized spacial score (nSPS) is 11.2. The van der Waals surface area contributed by atoms with Gasteiger partial charge in [0.25, 0.3) is 10.0 Å². The van der Waals surface area contributed by atoms with Crippen LogP contribution in [-0.4, -0.2) is 14.3 Å². The zero-order valence-corrected chi connectivity index (χ0v) is 14.4. The van der Waals surface area contributed by atoms with E-state index in [1.165, 1.54) is 12.1 Å². The molecule has 0 saturated carbocycles. The molecule has 2 aromatic carbocycles. The number of nitrogens with one attached hydrogen (secondary N) is 2. The van der Waals surface area contributed by atoms with Gasteiger partial charge in [0.2, 0.25) is 5.91 Å². The van der Waals surface area contributed by atoms with Crippen LogP contribution in [0.4, 0.5) is 20.2 Å². The molecule has 0 heterocycles. The van der Waals surface area contributed by atoms with Gasteiger partial charge in [-0.2, -0.15) is 0 Å². The van der Waals surface area contributed by atoms with E-state index >= 15 is 0 Å².